The summed E-state index contributed by atoms with van der Waals surface area (Å²) in [5.41, 5.74) is 2.04. The number of carbonyl (C=O) groups excluding carboxylic acids is 1. The fraction of sp³-hybridized carbons (Fsp3) is 0.467. The topological polar surface area (TPSA) is 57.6 Å². The zero-order valence-corrected chi connectivity index (χ0v) is 11.5. The number of nitrogens with zero attached hydrogens (tertiary/aromatic N) is 1. The molecule has 0 saturated carbocycles. The summed E-state index contributed by atoms with van der Waals surface area (Å²) in [5, 5.41) is 8.97. The predicted octanol–water partition coefficient (Wildman–Crippen LogP) is 2.42. The van der Waals surface area contributed by atoms with Crippen molar-refractivity contribution in [2.45, 2.75) is 32.6 Å². The molecule has 1 aliphatic heterocycles. The van der Waals surface area contributed by atoms with Crippen molar-refractivity contribution in [1.29, 1.82) is 0 Å². The largest absolute Gasteiger partial charge is 0.481 e. The normalized spacial score (nSPS) is 19.8. The number of hydrogen-bond acceptors (Lipinski definition) is 2. The van der Waals surface area contributed by atoms with Gasteiger partial charge in [0.25, 0.3) is 0 Å². The first kappa shape index (κ1) is 13.6. The Bertz CT molecular complexity index is 499. The number of amides is 1. The molecular weight excluding hydrogens is 242 g/mol. The van der Waals surface area contributed by atoms with Crippen LogP contribution < -0.4 is 4.90 Å². The van der Waals surface area contributed by atoms with Gasteiger partial charge in [0.15, 0.2) is 0 Å². The summed E-state index contributed by atoms with van der Waals surface area (Å²) in [6.45, 7) is 6.65. The van der Waals surface area contributed by atoms with E-state index in [2.05, 4.69) is 20.8 Å². The molecule has 1 aliphatic rings. The molecule has 0 aliphatic carbocycles. The number of carbonyl (C=O) groups is 2. The number of carboxylic acids is 1. The van der Waals surface area contributed by atoms with Crippen LogP contribution in [0.4, 0.5) is 5.69 Å². The van der Waals surface area contributed by atoms with Gasteiger partial charge in [0.2, 0.25) is 5.91 Å². The van der Waals surface area contributed by atoms with Crippen LogP contribution >= 0.6 is 0 Å². The van der Waals surface area contributed by atoms with Gasteiger partial charge in [-0.2, -0.15) is 0 Å². The van der Waals surface area contributed by atoms with Crippen LogP contribution in [0.1, 0.15) is 32.8 Å². The van der Waals surface area contributed by atoms with Gasteiger partial charge < -0.3 is 10.0 Å². The van der Waals surface area contributed by atoms with Crippen LogP contribution in [0.3, 0.4) is 0 Å². The van der Waals surface area contributed by atoms with Gasteiger partial charge in [0, 0.05) is 18.7 Å². The quantitative estimate of drug-likeness (QED) is 0.889. The molecule has 1 amide bonds. The Kier molecular flexibility index (Phi) is 3.35. The Labute approximate surface area is 113 Å². The summed E-state index contributed by atoms with van der Waals surface area (Å²) in [6, 6.07) is 7.78. The van der Waals surface area contributed by atoms with Gasteiger partial charge in [0.1, 0.15) is 0 Å². The van der Waals surface area contributed by atoms with Crippen molar-refractivity contribution in [2.75, 3.05) is 11.4 Å². The number of benzene rings is 1. The van der Waals surface area contributed by atoms with Crippen molar-refractivity contribution < 1.29 is 14.7 Å². The Hall–Kier alpha value is -1.84. The van der Waals surface area contributed by atoms with E-state index >= 15 is 0 Å². The van der Waals surface area contributed by atoms with E-state index in [0.29, 0.717) is 0 Å². The van der Waals surface area contributed by atoms with E-state index in [1.807, 2.05) is 24.3 Å². The van der Waals surface area contributed by atoms with Gasteiger partial charge in [-0.25, -0.2) is 0 Å². The minimum Gasteiger partial charge on any atom is -0.481 e. The minimum absolute atomic E-state index is 0.0666. The maximum absolute atomic E-state index is 11.8. The number of carboxylic acid groups (broad SMARTS) is 1. The molecule has 102 valence electrons. The highest BCUT2D eigenvalue weighted by atomic mass is 16.4. The summed E-state index contributed by atoms with van der Waals surface area (Å²) in [6.07, 6.45) is 0.0936. The summed E-state index contributed by atoms with van der Waals surface area (Å²) < 4.78 is 0. The summed E-state index contributed by atoms with van der Waals surface area (Å²) in [5.74, 6) is -1.60. The van der Waals surface area contributed by atoms with Crippen LogP contribution in [-0.4, -0.2) is 23.5 Å². The fourth-order valence-electron chi connectivity index (χ4n) is 2.26. The predicted molar refractivity (Wildman–Crippen MR) is 73.2 cm³/mol. The molecule has 1 aromatic rings. The van der Waals surface area contributed by atoms with E-state index in [1.54, 1.807) is 4.90 Å². The van der Waals surface area contributed by atoms with Gasteiger partial charge in [0.05, 0.1) is 5.92 Å². The molecule has 1 saturated heterocycles. The first-order valence-corrected chi connectivity index (χ1v) is 6.43. The molecule has 0 aromatic heterocycles. The Balaban J connectivity index is 2.19. The van der Waals surface area contributed by atoms with Crippen LogP contribution in [-0.2, 0) is 15.0 Å². The molecule has 0 radical (unpaired) electrons. The lowest BCUT2D eigenvalue weighted by molar-refractivity contribution is -0.141. The van der Waals surface area contributed by atoms with Crippen molar-refractivity contribution in [1.82, 2.24) is 0 Å². The summed E-state index contributed by atoms with van der Waals surface area (Å²) >= 11 is 0. The van der Waals surface area contributed by atoms with Gasteiger partial charge in [-0.3, -0.25) is 9.59 Å². The third-order valence-corrected chi connectivity index (χ3v) is 3.52. The van der Waals surface area contributed by atoms with Crippen molar-refractivity contribution >= 4 is 17.6 Å². The first-order chi connectivity index (χ1) is 8.79. The Morgan fingerprint density at radius 3 is 2.26 bits per heavy atom. The lowest BCUT2D eigenvalue weighted by Crippen LogP contribution is -2.25. The Morgan fingerprint density at radius 1 is 1.26 bits per heavy atom. The number of hydrogen-bond donors (Lipinski definition) is 1. The number of rotatable bonds is 2. The highest BCUT2D eigenvalue weighted by Gasteiger charge is 2.35. The second-order valence-corrected chi connectivity index (χ2v) is 6.04. The van der Waals surface area contributed by atoms with Crippen molar-refractivity contribution in [2.24, 2.45) is 5.92 Å². The van der Waals surface area contributed by atoms with E-state index in [0.717, 1.165) is 5.69 Å². The molecule has 1 atom stereocenters. The molecule has 4 heteroatoms. The third-order valence-electron chi connectivity index (χ3n) is 3.52. The second kappa shape index (κ2) is 4.68. The standard InChI is InChI=1S/C15H19NO3/c1-15(2,3)11-4-6-12(7-5-11)16-9-10(14(18)19)8-13(16)17/h4-7,10H,8-9H2,1-3H3,(H,18,19)/t10-/m0/s1. The van der Waals surface area contributed by atoms with Crippen LogP contribution in [0.25, 0.3) is 0 Å². The van der Waals surface area contributed by atoms with Crippen LogP contribution in [0, 0.1) is 5.92 Å². The summed E-state index contributed by atoms with van der Waals surface area (Å²) in [7, 11) is 0. The van der Waals surface area contributed by atoms with Crippen molar-refractivity contribution in [3.63, 3.8) is 0 Å². The average Bonchev–Trinajstić information content (AvgIpc) is 2.70. The van der Waals surface area contributed by atoms with Crippen LogP contribution in [0.5, 0.6) is 0 Å². The van der Waals surface area contributed by atoms with E-state index in [-0.39, 0.29) is 24.3 Å². The second-order valence-electron chi connectivity index (χ2n) is 6.04. The summed E-state index contributed by atoms with van der Waals surface area (Å²) in [4.78, 5) is 24.3. The minimum atomic E-state index is -0.901. The van der Waals surface area contributed by atoms with E-state index in [1.165, 1.54) is 5.56 Å². The average molecular weight is 261 g/mol. The van der Waals surface area contributed by atoms with Gasteiger partial charge >= 0.3 is 5.97 Å². The maximum atomic E-state index is 11.8. The number of anilines is 1. The van der Waals surface area contributed by atoms with Crippen molar-refractivity contribution in [3.8, 4) is 0 Å². The lowest BCUT2D eigenvalue weighted by atomic mass is 9.87. The smallest absolute Gasteiger partial charge is 0.308 e. The molecule has 1 fully saturated rings. The van der Waals surface area contributed by atoms with Gasteiger partial charge in [-0.15, -0.1) is 0 Å². The molecule has 0 unspecified atom stereocenters. The maximum Gasteiger partial charge on any atom is 0.308 e. The molecule has 4 nitrogen and oxygen atoms in total. The van der Waals surface area contributed by atoms with E-state index in [9.17, 15) is 9.59 Å². The van der Waals surface area contributed by atoms with Gasteiger partial charge in [-0.1, -0.05) is 32.9 Å². The molecule has 19 heavy (non-hydrogen) atoms. The van der Waals surface area contributed by atoms with Crippen molar-refractivity contribution in [3.05, 3.63) is 29.8 Å². The Morgan fingerprint density at radius 2 is 1.84 bits per heavy atom. The molecule has 0 spiro atoms. The van der Waals surface area contributed by atoms with E-state index in [4.69, 9.17) is 5.11 Å². The zero-order valence-electron chi connectivity index (χ0n) is 11.5. The molecule has 1 N–H and O–H groups in total. The molecular formula is C15H19NO3. The fourth-order valence-corrected chi connectivity index (χ4v) is 2.26. The molecule has 2 rings (SSSR count). The molecule has 1 heterocycles. The molecule has 1 aromatic carbocycles. The first-order valence-electron chi connectivity index (χ1n) is 6.43. The van der Waals surface area contributed by atoms with E-state index < -0.39 is 11.9 Å². The monoisotopic (exact) mass is 261 g/mol. The zero-order chi connectivity index (χ0) is 14.2. The SMILES string of the molecule is CC(C)(C)c1ccc(N2C[C@@H](C(=O)O)CC2=O)cc1. The lowest BCUT2D eigenvalue weighted by Gasteiger charge is -2.21. The highest BCUT2D eigenvalue weighted by Crippen LogP contribution is 2.28. The third kappa shape index (κ3) is 2.78. The molecule has 0 bridgehead atoms. The van der Waals surface area contributed by atoms with Crippen LogP contribution in [0.2, 0.25) is 0 Å². The number of aliphatic carboxylic acids is 1. The van der Waals surface area contributed by atoms with Crippen LogP contribution in [0.15, 0.2) is 24.3 Å². The highest BCUT2D eigenvalue weighted by molar-refractivity contribution is 5.99. The van der Waals surface area contributed by atoms with Gasteiger partial charge in [-0.05, 0) is 23.1 Å².